The fraction of sp³-hybridized carbons (Fsp3) is 0.316. The molecule has 0 radical (unpaired) electrons. The molecular formula is C19H24N2O2. The van der Waals surface area contributed by atoms with Gasteiger partial charge in [-0.1, -0.05) is 44.2 Å². The maximum absolute atomic E-state index is 12.3. The number of amides is 1. The zero-order chi connectivity index (χ0) is 16.7. The molecule has 0 saturated carbocycles. The van der Waals surface area contributed by atoms with Crippen molar-refractivity contribution >= 4 is 17.3 Å². The Hall–Kier alpha value is -2.49. The largest absolute Gasteiger partial charge is 0.491 e. The Morgan fingerprint density at radius 2 is 1.74 bits per heavy atom. The summed E-state index contributed by atoms with van der Waals surface area (Å²) in [4.78, 5) is 14.0. The average Bonchev–Trinajstić information content (AvgIpc) is 2.58. The molecule has 0 heterocycles. The highest BCUT2D eigenvalue weighted by Crippen LogP contribution is 2.24. The molecule has 1 amide bonds. The van der Waals surface area contributed by atoms with Crippen molar-refractivity contribution in [3.63, 3.8) is 0 Å². The highest BCUT2D eigenvalue weighted by Gasteiger charge is 2.11. The highest BCUT2D eigenvalue weighted by atomic mass is 16.5. The normalized spacial score (nSPS) is 10.4. The predicted octanol–water partition coefficient (Wildman–Crippen LogP) is 3.80. The van der Waals surface area contributed by atoms with Crippen molar-refractivity contribution in [3.8, 4) is 5.75 Å². The van der Waals surface area contributed by atoms with Crippen LogP contribution in [0.4, 0.5) is 11.4 Å². The Morgan fingerprint density at radius 1 is 1.09 bits per heavy atom. The van der Waals surface area contributed by atoms with Crippen LogP contribution in [-0.4, -0.2) is 26.1 Å². The van der Waals surface area contributed by atoms with Crippen molar-refractivity contribution in [1.82, 2.24) is 0 Å². The van der Waals surface area contributed by atoms with E-state index in [-0.39, 0.29) is 12.5 Å². The summed E-state index contributed by atoms with van der Waals surface area (Å²) in [6, 6.07) is 17.3. The number of anilines is 2. The molecule has 1 N–H and O–H groups in total. The first-order valence-electron chi connectivity index (χ1n) is 7.85. The van der Waals surface area contributed by atoms with Gasteiger partial charge in [-0.25, -0.2) is 0 Å². The molecule has 0 aliphatic heterocycles. The van der Waals surface area contributed by atoms with Gasteiger partial charge in [-0.3, -0.25) is 4.79 Å². The minimum absolute atomic E-state index is 0.00476. The van der Waals surface area contributed by atoms with Crippen LogP contribution in [0.1, 0.15) is 13.8 Å². The third-order valence-corrected chi connectivity index (χ3v) is 3.41. The molecule has 2 rings (SSSR count). The van der Waals surface area contributed by atoms with E-state index in [1.807, 2.05) is 54.6 Å². The first kappa shape index (κ1) is 16.9. The number of para-hydroxylation sites is 3. The molecule has 0 aliphatic rings. The minimum atomic E-state index is -0.00476. The Balaban J connectivity index is 1.96. The number of carbonyl (C=O) groups excluding carboxylic acids is 1. The highest BCUT2D eigenvalue weighted by molar-refractivity contribution is 5.95. The van der Waals surface area contributed by atoms with Crippen LogP contribution in [-0.2, 0) is 4.79 Å². The topological polar surface area (TPSA) is 41.6 Å². The summed E-state index contributed by atoms with van der Waals surface area (Å²) >= 11 is 0. The zero-order valence-electron chi connectivity index (χ0n) is 14.0. The summed E-state index contributed by atoms with van der Waals surface area (Å²) in [5.41, 5.74) is 1.71. The maximum Gasteiger partial charge on any atom is 0.246 e. The molecule has 23 heavy (non-hydrogen) atoms. The fourth-order valence-corrected chi connectivity index (χ4v) is 2.08. The van der Waals surface area contributed by atoms with Gasteiger partial charge in [0.15, 0.2) is 0 Å². The van der Waals surface area contributed by atoms with E-state index in [4.69, 9.17) is 4.74 Å². The van der Waals surface area contributed by atoms with Crippen LogP contribution in [0.15, 0.2) is 54.6 Å². The van der Waals surface area contributed by atoms with Gasteiger partial charge >= 0.3 is 0 Å². The SMILES string of the molecule is CC(C)COc1ccccc1NCC(=O)N(C)c1ccccc1. The number of hydrogen-bond donors (Lipinski definition) is 1. The van der Waals surface area contributed by atoms with Gasteiger partial charge in [-0.2, -0.15) is 0 Å². The average molecular weight is 312 g/mol. The minimum Gasteiger partial charge on any atom is -0.491 e. The number of benzene rings is 2. The molecule has 122 valence electrons. The molecule has 2 aromatic rings. The molecule has 0 spiro atoms. The van der Waals surface area contributed by atoms with E-state index in [1.165, 1.54) is 0 Å². The molecule has 0 aromatic heterocycles. The standard InChI is InChI=1S/C19H24N2O2/c1-15(2)14-23-18-12-8-7-11-17(18)20-13-19(22)21(3)16-9-5-4-6-10-16/h4-12,15,20H,13-14H2,1-3H3. The fourth-order valence-electron chi connectivity index (χ4n) is 2.08. The summed E-state index contributed by atoms with van der Waals surface area (Å²) in [5, 5.41) is 3.17. The lowest BCUT2D eigenvalue weighted by Gasteiger charge is -2.19. The molecule has 0 aliphatic carbocycles. The number of hydrogen-bond acceptors (Lipinski definition) is 3. The molecule has 4 nitrogen and oxygen atoms in total. The van der Waals surface area contributed by atoms with Gasteiger partial charge < -0.3 is 15.0 Å². The van der Waals surface area contributed by atoms with Crippen LogP contribution in [0.25, 0.3) is 0 Å². The van der Waals surface area contributed by atoms with Crippen molar-refractivity contribution < 1.29 is 9.53 Å². The molecule has 0 atom stereocenters. The summed E-state index contributed by atoms with van der Waals surface area (Å²) in [6.07, 6.45) is 0. The van der Waals surface area contributed by atoms with Crippen molar-refractivity contribution in [2.24, 2.45) is 5.92 Å². The van der Waals surface area contributed by atoms with Crippen LogP contribution in [0.3, 0.4) is 0 Å². The number of likely N-dealkylation sites (N-methyl/N-ethyl adjacent to an activating group) is 1. The molecule has 0 saturated heterocycles. The monoisotopic (exact) mass is 312 g/mol. The van der Waals surface area contributed by atoms with Gasteiger partial charge in [-0.05, 0) is 30.2 Å². The van der Waals surface area contributed by atoms with Crippen molar-refractivity contribution in [1.29, 1.82) is 0 Å². The van der Waals surface area contributed by atoms with E-state index < -0.39 is 0 Å². The van der Waals surface area contributed by atoms with Gasteiger partial charge in [0.25, 0.3) is 0 Å². The van der Waals surface area contributed by atoms with E-state index in [9.17, 15) is 4.79 Å². The van der Waals surface area contributed by atoms with Crippen LogP contribution >= 0.6 is 0 Å². The third-order valence-electron chi connectivity index (χ3n) is 3.41. The van der Waals surface area contributed by atoms with Gasteiger partial charge in [0, 0.05) is 12.7 Å². The second-order valence-corrected chi connectivity index (χ2v) is 5.84. The molecular weight excluding hydrogens is 288 g/mol. The second kappa shape index (κ2) is 8.22. The number of nitrogens with one attached hydrogen (secondary N) is 1. The third kappa shape index (κ3) is 5.02. The Morgan fingerprint density at radius 3 is 2.43 bits per heavy atom. The lowest BCUT2D eigenvalue weighted by Crippen LogP contribution is -2.32. The van der Waals surface area contributed by atoms with Crippen molar-refractivity contribution in [2.75, 3.05) is 30.4 Å². The number of carbonyl (C=O) groups is 1. The van der Waals surface area contributed by atoms with Gasteiger partial charge in [0.2, 0.25) is 5.91 Å². The lowest BCUT2D eigenvalue weighted by molar-refractivity contribution is -0.116. The molecule has 2 aromatic carbocycles. The summed E-state index contributed by atoms with van der Waals surface area (Å²) < 4.78 is 5.79. The van der Waals surface area contributed by atoms with Crippen LogP contribution in [0.2, 0.25) is 0 Å². The first-order valence-corrected chi connectivity index (χ1v) is 7.85. The molecule has 0 unspecified atom stereocenters. The second-order valence-electron chi connectivity index (χ2n) is 5.84. The summed E-state index contributed by atoms with van der Waals surface area (Å²) in [6.45, 7) is 5.08. The van der Waals surface area contributed by atoms with E-state index >= 15 is 0 Å². The molecule has 4 heteroatoms. The predicted molar refractivity (Wildman–Crippen MR) is 95.1 cm³/mol. The van der Waals surface area contributed by atoms with Gasteiger partial charge in [-0.15, -0.1) is 0 Å². The number of rotatable bonds is 7. The van der Waals surface area contributed by atoms with E-state index in [0.717, 1.165) is 17.1 Å². The van der Waals surface area contributed by atoms with E-state index in [0.29, 0.717) is 12.5 Å². The summed E-state index contributed by atoms with van der Waals surface area (Å²) in [7, 11) is 1.78. The van der Waals surface area contributed by atoms with Crippen molar-refractivity contribution in [3.05, 3.63) is 54.6 Å². The number of nitrogens with zero attached hydrogens (tertiary/aromatic N) is 1. The zero-order valence-corrected chi connectivity index (χ0v) is 14.0. The van der Waals surface area contributed by atoms with Crippen molar-refractivity contribution in [2.45, 2.75) is 13.8 Å². The maximum atomic E-state index is 12.3. The Kier molecular flexibility index (Phi) is 6.03. The number of ether oxygens (including phenoxy) is 1. The first-order chi connectivity index (χ1) is 11.1. The van der Waals surface area contributed by atoms with Gasteiger partial charge in [0.05, 0.1) is 18.8 Å². The van der Waals surface area contributed by atoms with Crippen LogP contribution < -0.4 is 15.0 Å². The molecule has 0 bridgehead atoms. The Bertz CT molecular complexity index is 626. The van der Waals surface area contributed by atoms with E-state index in [2.05, 4.69) is 19.2 Å². The van der Waals surface area contributed by atoms with E-state index in [1.54, 1.807) is 11.9 Å². The summed E-state index contributed by atoms with van der Waals surface area (Å²) in [5.74, 6) is 1.22. The van der Waals surface area contributed by atoms with Crippen LogP contribution in [0.5, 0.6) is 5.75 Å². The lowest BCUT2D eigenvalue weighted by atomic mass is 10.2. The quantitative estimate of drug-likeness (QED) is 0.845. The van der Waals surface area contributed by atoms with Gasteiger partial charge in [0.1, 0.15) is 5.75 Å². The smallest absolute Gasteiger partial charge is 0.246 e. The van der Waals surface area contributed by atoms with Crippen LogP contribution in [0, 0.1) is 5.92 Å². The molecule has 0 fully saturated rings. The Labute approximate surface area is 138 Å².